The van der Waals surface area contributed by atoms with Gasteiger partial charge in [-0.25, -0.2) is 4.68 Å². The van der Waals surface area contributed by atoms with Crippen molar-refractivity contribution in [2.24, 2.45) is 0 Å². The summed E-state index contributed by atoms with van der Waals surface area (Å²) in [7, 11) is 0. The third-order valence-corrected chi connectivity index (χ3v) is 4.81. The first kappa shape index (κ1) is 16.7. The van der Waals surface area contributed by atoms with Crippen molar-refractivity contribution in [3.05, 3.63) is 64.7 Å². The zero-order valence-corrected chi connectivity index (χ0v) is 15.1. The first-order valence-electron chi connectivity index (χ1n) is 8.61. The molecule has 1 aliphatic heterocycles. The molecule has 0 saturated carbocycles. The molecule has 1 aromatic heterocycles. The van der Waals surface area contributed by atoms with Gasteiger partial charge in [-0.2, -0.15) is 4.98 Å². The van der Waals surface area contributed by atoms with Gasteiger partial charge in [0.1, 0.15) is 5.75 Å². The van der Waals surface area contributed by atoms with Crippen LogP contribution >= 0.6 is 11.6 Å². The highest BCUT2D eigenvalue weighted by Crippen LogP contribution is 2.41. The molecule has 0 spiro atoms. The number of anilines is 2. The molecule has 0 unspecified atom stereocenters. The number of benzene rings is 2. The van der Waals surface area contributed by atoms with Crippen molar-refractivity contribution in [2.45, 2.75) is 25.4 Å². The number of nitrogens with zero attached hydrogens (tertiary/aromatic N) is 3. The third-order valence-electron chi connectivity index (χ3n) is 4.56. The van der Waals surface area contributed by atoms with E-state index in [9.17, 15) is 0 Å². The van der Waals surface area contributed by atoms with Crippen LogP contribution in [0.25, 0.3) is 0 Å². The lowest BCUT2D eigenvalue weighted by atomic mass is 9.93. The maximum Gasteiger partial charge on any atom is 0.241 e. The summed E-state index contributed by atoms with van der Waals surface area (Å²) in [6.07, 6.45) is 0.793. The van der Waals surface area contributed by atoms with Gasteiger partial charge in [-0.1, -0.05) is 41.9 Å². The van der Waals surface area contributed by atoms with E-state index in [0.717, 1.165) is 28.3 Å². The summed E-state index contributed by atoms with van der Waals surface area (Å²) >= 11 is 6.04. The molecule has 0 radical (unpaired) electrons. The van der Waals surface area contributed by atoms with Gasteiger partial charge in [-0.3, -0.25) is 0 Å². The van der Waals surface area contributed by atoms with Crippen molar-refractivity contribution in [3.63, 3.8) is 0 Å². The number of ether oxygens (including phenoxy) is 1. The second-order valence-corrected chi connectivity index (χ2v) is 6.65. The van der Waals surface area contributed by atoms with Crippen LogP contribution in [0, 0.1) is 0 Å². The summed E-state index contributed by atoms with van der Waals surface area (Å²) in [4.78, 5) is 4.35. The Morgan fingerprint density at radius 1 is 1.23 bits per heavy atom. The smallest absolute Gasteiger partial charge is 0.241 e. The van der Waals surface area contributed by atoms with Crippen LogP contribution in [0.1, 0.15) is 36.6 Å². The number of rotatable bonds is 4. The molecule has 6 nitrogen and oxygen atoms in total. The predicted molar refractivity (Wildman–Crippen MR) is 103 cm³/mol. The Kier molecular flexibility index (Phi) is 4.42. The fraction of sp³-hybridized carbons (Fsp3) is 0.263. The molecular formula is C19H20ClN5O. The minimum Gasteiger partial charge on any atom is -0.494 e. The van der Waals surface area contributed by atoms with E-state index in [1.807, 2.05) is 54.1 Å². The molecule has 3 N–H and O–H groups in total. The van der Waals surface area contributed by atoms with Crippen molar-refractivity contribution in [3.8, 4) is 5.75 Å². The lowest BCUT2D eigenvalue weighted by Gasteiger charge is -2.32. The number of hydrogen-bond acceptors (Lipinski definition) is 5. The van der Waals surface area contributed by atoms with Crippen LogP contribution in [0.15, 0.2) is 48.5 Å². The molecule has 0 aliphatic carbocycles. The van der Waals surface area contributed by atoms with Gasteiger partial charge in [0, 0.05) is 10.6 Å². The number of nitrogens with one attached hydrogen (secondary N) is 1. The lowest BCUT2D eigenvalue weighted by Crippen LogP contribution is -2.28. The lowest BCUT2D eigenvalue weighted by molar-refractivity contribution is 0.325. The van der Waals surface area contributed by atoms with Crippen LogP contribution in [0.3, 0.4) is 0 Å². The topological polar surface area (TPSA) is 78.0 Å². The molecule has 4 rings (SSSR count). The molecule has 0 fully saturated rings. The van der Waals surface area contributed by atoms with Crippen LogP contribution in [0.5, 0.6) is 5.75 Å². The first-order chi connectivity index (χ1) is 12.7. The summed E-state index contributed by atoms with van der Waals surface area (Å²) < 4.78 is 7.68. The average molecular weight is 370 g/mol. The van der Waals surface area contributed by atoms with Crippen molar-refractivity contribution in [1.82, 2.24) is 14.8 Å². The monoisotopic (exact) mass is 369 g/mol. The van der Waals surface area contributed by atoms with E-state index >= 15 is 0 Å². The third kappa shape index (κ3) is 3.08. The minimum atomic E-state index is -0.0283. The van der Waals surface area contributed by atoms with Crippen LogP contribution in [-0.4, -0.2) is 21.4 Å². The van der Waals surface area contributed by atoms with Gasteiger partial charge in [0.15, 0.2) is 0 Å². The van der Waals surface area contributed by atoms with Gasteiger partial charge in [-0.05, 0) is 37.1 Å². The maximum atomic E-state index is 6.04. The minimum absolute atomic E-state index is 0.0283. The van der Waals surface area contributed by atoms with E-state index in [-0.39, 0.29) is 18.0 Å². The molecule has 1 aliphatic rings. The number of hydrogen-bond donors (Lipinski definition) is 2. The van der Waals surface area contributed by atoms with Crippen molar-refractivity contribution in [2.75, 3.05) is 17.7 Å². The van der Waals surface area contributed by atoms with Gasteiger partial charge in [0.25, 0.3) is 0 Å². The Morgan fingerprint density at radius 3 is 2.77 bits per heavy atom. The molecule has 0 bridgehead atoms. The summed E-state index contributed by atoms with van der Waals surface area (Å²) in [6, 6.07) is 15.9. The van der Waals surface area contributed by atoms with Crippen LogP contribution in [-0.2, 0) is 0 Å². The number of para-hydroxylation sites is 1. The second-order valence-electron chi connectivity index (χ2n) is 6.21. The quantitative estimate of drug-likeness (QED) is 0.725. The number of aromatic nitrogens is 3. The van der Waals surface area contributed by atoms with Gasteiger partial charge in [0.2, 0.25) is 11.9 Å². The fourth-order valence-corrected chi connectivity index (χ4v) is 3.54. The first-order valence-corrected chi connectivity index (χ1v) is 8.99. The Balaban J connectivity index is 1.77. The molecule has 2 heterocycles. The molecule has 0 amide bonds. The van der Waals surface area contributed by atoms with E-state index in [1.54, 1.807) is 0 Å². The van der Waals surface area contributed by atoms with Gasteiger partial charge < -0.3 is 15.8 Å². The van der Waals surface area contributed by atoms with E-state index in [0.29, 0.717) is 12.6 Å². The highest BCUT2D eigenvalue weighted by molar-refractivity contribution is 6.30. The van der Waals surface area contributed by atoms with Crippen LogP contribution in [0.2, 0.25) is 5.02 Å². The molecule has 2 aromatic carbocycles. The normalized spacial score (nSPS) is 18.8. The average Bonchev–Trinajstić information content (AvgIpc) is 3.02. The largest absolute Gasteiger partial charge is 0.494 e. The summed E-state index contributed by atoms with van der Waals surface area (Å²) in [5.41, 5.74) is 8.08. The Hall–Kier alpha value is -2.73. The van der Waals surface area contributed by atoms with Crippen LogP contribution in [0.4, 0.5) is 11.9 Å². The number of halogens is 1. The fourth-order valence-electron chi connectivity index (χ4n) is 3.41. The van der Waals surface area contributed by atoms with E-state index < -0.39 is 0 Å². The maximum absolute atomic E-state index is 6.04. The van der Waals surface area contributed by atoms with Gasteiger partial charge in [-0.15, -0.1) is 5.10 Å². The summed E-state index contributed by atoms with van der Waals surface area (Å²) in [5, 5.41) is 8.54. The molecule has 0 saturated heterocycles. The molecule has 26 heavy (non-hydrogen) atoms. The number of nitrogen functional groups attached to an aromatic ring is 1. The highest BCUT2D eigenvalue weighted by Gasteiger charge is 2.32. The van der Waals surface area contributed by atoms with E-state index in [4.69, 9.17) is 22.1 Å². The summed E-state index contributed by atoms with van der Waals surface area (Å²) in [6.45, 7) is 2.59. The molecule has 3 aromatic rings. The van der Waals surface area contributed by atoms with Gasteiger partial charge >= 0.3 is 0 Å². The number of fused-ring (bicyclic) bond motifs is 1. The Morgan fingerprint density at radius 2 is 2.00 bits per heavy atom. The molecule has 2 atom stereocenters. The van der Waals surface area contributed by atoms with E-state index in [1.165, 1.54) is 0 Å². The molecular weight excluding hydrogens is 350 g/mol. The van der Waals surface area contributed by atoms with Crippen LogP contribution < -0.4 is 15.8 Å². The Bertz CT molecular complexity index is 909. The zero-order chi connectivity index (χ0) is 18.1. The van der Waals surface area contributed by atoms with E-state index in [2.05, 4.69) is 21.5 Å². The molecule has 7 heteroatoms. The molecule has 134 valence electrons. The van der Waals surface area contributed by atoms with Gasteiger partial charge in [0.05, 0.1) is 18.7 Å². The van der Waals surface area contributed by atoms with Crippen molar-refractivity contribution < 1.29 is 4.74 Å². The number of nitrogens with two attached hydrogens (primary N) is 1. The summed E-state index contributed by atoms with van der Waals surface area (Å²) in [5.74, 6) is 1.77. The SMILES string of the molecule is CCOc1ccccc1[C@@H]1C[C@@H](c2ccc(Cl)cc2)Nc2nc(N)nn21. The standard InChI is InChI=1S/C19H20ClN5O/c1-2-26-17-6-4-3-5-14(17)16-11-15(12-7-9-13(20)10-8-12)22-19-23-18(21)24-25(16)19/h3-10,15-16H,2,11H2,1H3,(H3,21,22,23,24)/t15-,16-/m0/s1. The van der Waals surface area contributed by atoms with Crippen molar-refractivity contribution in [1.29, 1.82) is 0 Å². The predicted octanol–water partition coefficient (Wildman–Crippen LogP) is 4.06. The Labute approximate surface area is 156 Å². The highest BCUT2D eigenvalue weighted by atomic mass is 35.5. The zero-order valence-electron chi connectivity index (χ0n) is 14.4. The second kappa shape index (κ2) is 6.88. The van der Waals surface area contributed by atoms with Crippen molar-refractivity contribution >= 4 is 23.5 Å².